The second kappa shape index (κ2) is 6.91. The summed E-state index contributed by atoms with van der Waals surface area (Å²) in [6.07, 6.45) is 15.2. The highest BCUT2D eigenvalue weighted by atomic mass is 16.1. The number of rotatable bonds is 3. The molecule has 0 N–H and O–H groups in total. The fourth-order valence-corrected chi connectivity index (χ4v) is 9.17. The molecule has 0 heterocycles. The summed E-state index contributed by atoms with van der Waals surface area (Å²) in [5.41, 5.74) is 1.34. The zero-order valence-corrected chi connectivity index (χ0v) is 18.4. The smallest absolute Gasteiger partial charge is 0.128 e. The van der Waals surface area contributed by atoms with Crippen LogP contribution >= 0.6 is 0 Å². The monoisotopic (exact) mass is 368 g/mol. The van der Waals surface area contributed by atoms with Crippen molar-refractivity contribution in [2.45, 2.75) is 105 Å². The minimum atomic E-state index is 0.234. The van der Waals surface area contributed by atoms with Crippen molar-refractivity contribution in [3.8, 4) is 0 Å². The standard InChI is InChI=1S/C25H41BO/c1-5-25-15-9-17(2)8-12-23(25,3)13-10-18-19-6-7-21(22(27)16-26)24(19,4)14-11-20(18)25/h17-21H,5-16H2,1-4H3. The molecular weight excluding hydrogens is 327 g/mol. The van der Waals surface area contributed by atoms with Gasteiger partial charge in [0.1, 0.15) is 5.78 Å². The van der Waals surface area contributed by atoms with Crippen LogP contribution in [-0.2, 0) is 4.79 Å². The summed E-state index contributed by atoms with van der Waals surface area (Å²) in [4.78, 5) is 12.6. The Morgan fingerprint density at radius 1 is 0.926 bits per heavy atom. The zero-order valence-electron chi connectivity index (χ0n) is 18.4. The van der Waals surface area contributed by atoms with E-state index in [2.05, 4.69) is 27.7 Å². The molecule has 0 aromatic rings. The number of carbonyl (C=O) groups is 1. The van der Waals surface area contributed by atoms with E-state index >= 15 is 0 Å². The van der Waals surface area contributed by atoms with Crippen LogP contribution in [0.25, 0.3) is 0 Å². The first-order valence-corrected chi connectivity index (χ1v) is 12.0. The molecule has 0 bridgehead atoms. The molecule has 8 atom stereocenters. The van der Waals surface area contributed by atoms with Gasteiger partial charge in [-0.15, -0.1) is 0 Å². The molecule has 0 aromatic heterocycles. The van der Waals surface area contributed by atoms with Gasteiger partial charge in [-0.3, -0.25) is 0 Å². The molecule has 4 aliphatic rings. The molecule has 4 aliphatic carbocycles. The van der Waals surface area contributed by atoms with Crippen LogP contribution < -0.4 is 0 Å². The Balaban J connectivity index is 1.67. The van der Waals surface area contributed by atoms with E-state index in [0.717, 1.165) is 30.1 Å². The van der Waals surface area contributed by atoms with Crippen molar-refractivity contribution in [3.63, 3.8) is 0 Å². The van der Waals surface area contributed by atoms with E-state index in [1.807, 2.05) is 0 Å². The Hall–Kier alpha value is -0.265. The third kappa shape index (κ3) is 2.74. The highest BCUT2D eigenvalue weighted by molar-refractivity contribution is 6.20. The minimum absolute atomic E-state index is 0.234. The van der Waals surface area contributed by atoms with Gasteiger partial charge in [-0.05, 0) is 104 Å². The molecule has 2 radical (unpaired) electrons. The van der Waals surface area contributed by atoms with Crippen LogP contribution in [0.5, 0.6) is 0 Å². The molecule has 0 aromatic carbocycles. The zero-order chi connectivity index (χ0) is 19.4. The summed E-state index contributed by atoms with van der Waals surface area (Å²) in [6.45, 7) is 10.1. The lowest BCUT2D eigenvalue weighted by Gasteiger charge is -2.64. The topological polar surface area (TPSA) is 17.1 Å². The Kier molecular flexibility index (Phi) is 5.13. The van der Waals surface area contributed by atoms with Gasteiger partial charge in [-0.2, -0.15) is 0 Å². The molecule has 4 saturated carbocycles. The van der Waals surface area contributed by atoms with Crippen molar-refractivity contribution in [2.75, 3.05) is 0 Å². The van der Waals surface area contributed by atoms with E-state index in [9.17, 15) is 4.79 Å². The summed E-state index contributed by atoms with van der Waals surface area (Å²) in [7, 11) is 5.79. The first kappa shape index (κ1) is 20.0. The molecule has 8 unspecified atom stereocenters. The third-order valence-electron chi connectivity index (χ3n) is 10.9. The lowest BCUT2D eigenvalue weighted by Crippen LogP contribution is -2.56. The third-order valence-corrected chi connectivity index (χ3v) is 10.9. The van der Waals surface area contributed by atoms with Crippen molar-refractivity contribution in [1.82, 2.24) is 0 Å². The van der Waals surface area contributed by atoms with E-state index < -0.39 is 0 Å². The van der Waals surface area contributed by atoms with E-state index in [1.165, 1.54) is 64.2 Å². The molecule has 2 heteroatoms. The van der Waals surface area contributed by atoms with Gasteiger partial charge in [0.25, 0.3) is 0 Å². The van der Waals surface area contributed by atoms with E-state index in [4.69, 9.17) is 7.85 Å². The summed E-state index contributed by atoms with van der Waals surface area (Å²) < 4.78 is 0. The van der Waals surface area contributed by atoms with Crippen LogP contribution in [0.1, 0.15) is 98.3 Å². The first-order valence-electron chi connectivity index (χ1n) is 12.0. The molecule has 0 saturated heterocycles. The van der Waals surface area contributed by atoms with Crippen LogP contribution in [0, 0.1) is 45.8 Å². The Morgan fingerprint density at radius 2 is 1.63 bits per heavy atom. The number of ketones is 1. The molecule has 27 heavy (non-hydrogen) atoms. The van der Waals surface area contributed by atoms with Gasteiger partial charge in [-0.25, -0.2) is 0 Å². The second-order valence-corrected chi connectivity index (χ2v) is 11.5. The van der Waals surface area contributed by atoms with Gasteiger partial charge in [0.15, 0.2) is 0 Å². The maximum atomic E-state index is 12.6. The number of Topliss-reactive ketones (excluding diaryl/α,β-unsaturated/α-hetero) is 1. The summed E-state index contributed by atoms with van der Waals surface area (Å²) >= 11 is 0. The van der Waals surface area contributed by atoms with E-state index in [0.29, 0.717) is 16.6 Å². The normalized spacial score (nSPS) is 52.4. The minimum Gasteiger partial charge on any atom is -0.300 e. The molecule has 4 fully saturated rings. The van der Waals surface area contributed by atoms with E-state index in [-0.39, 0.29) is 17.7 Å². The largest absolute Gasteiger partial charge is 0.300 e. The van der Waals surface area contributed by atoms with Gasteiger partial charge in [0, 0.05) is 5.92 Å². The van der Waals surface area contributed by atoms with E-state index in [1.54, 1.807) is 0 Å². The Bertz CT molecular complexity index is 587. The molecule has 0 aliphatic heterocycles. The van der Waals surface area contributed by atoms with Crippen molar-refractivity contribution in [3.05, 3.63) is 0 Å². The SMILES string of the molecule is [B]CC(=O)C1CCC2C3CCC4(C)CCC(C)CCC4(CC)C3CCC12C. The van der Waals surface area contributed by atoms with Gasteiger partial charge >= 0.3 is 0 Å². The van der Waals surface area contributed by atoms with Gasteiger partial charge in [-0.1, -0.05) is 40.5 Å². The average Bonchev–Trinajstić information content (AvgIpc) is 2.95. The van der Waals surface area contributed by atoms with Crippen LogP contribution in [0.2, 0.25) is 6.32 Å². The fraction of sp³-hybridized carbons (Fsp3) is 0.960. The highest BCUT2D eigenvalue weighted by Gasteiger charge is 2.63. The van der Waals surface area contributed by atoms with Gasteiger partial charge in [0.05, 0.1) is 7.85 Å². The quantitative estimate of drug-likeness (QED) is 0.512. The number of hydrogen-bond donors (Lipinski definition) is 0. The molecular formula is C25H41BO. The number of hydrogen-bond acceptors (Lipinski definition) is 1. The van der Waals surface area contributed by atoms with Crippen molar-refractivity contribution in [2.24, 2.45) is 45.8 Å². The van der Waals surface area contributed by atoms with Crippen LogP contribution in [-0.4, -0.2) is 13.6 Å². The summed E-state index contributed by atoms with van der Waals surface area (Å²) in [5, 5.41) is 0. The van der Waals surface area contributed by atoms with Crippen molar-refractivity contribution < 1.29 is 4.79 Å². The number of carbonyl (C=O) groups excluding carboxylic acids is 1. The molecule has 150 valence electrons. The second-order valence-electron chi connectivity index (χ2n) is 11.5. The van der Waals surface area contributed by atoms with Crippen LogP contribution in [0.3, 0.4) is 0 Å². The predicted octanol–water partition coefficient (Wildman–Crippen LogP) is 6.61. The highest BCUT2D eigenvalue weighted by Crippen LogP contribution is 2.71. The number of fused-ring (bicyclic) bond motifs is 5. The van der Waals surface area contributed by atoms with Gasteiger partial charge < -0.3 is 4.79 Å². The van der Waals surface area contributed by atoms with Crippen LogP contribution in [0.15, 0.2) is 0 Å². The Morgan fingerprint density at radius 3 is 2.33 bits per heavy atom. The summed E-state index contributed by atoms with van der Waals surface area (Å²) in [6, 6.07) is 0. The first-order chi connectivity index (χ1) is 12.8. The average molecular weight is 368 g/mol. The molecule has 4 rings (SSSR count). The lowest BCUT2D eigenvalue weighted by molar-refractivity contribution is -0.152. The predicted molar refractivity (Wildman–Crippen MR) is 114 cm³/mol. The molecule has 0 amide bonds. The Labute approximate surface area is 169 Å². The van der Waals surface area contributed by atoms with Crippen molar-refractivity contribution in [1.29, 1.82) is 0 Å². The van der Waals surface area contributed by atoms with Gasteiger partial charge in [0.2, 0.25) is 0 Å². The maximum Gasteiger partial charge on any atom is 0.128 e. The maximum absolute atomic E-state index is 12.6. The lowest BCUT2D eigenvalue weighted by atomic mass is 9.41. The van der Waals surface area contributed by atoms with Crippen molar-refractivity contribution >= 4 is 13.6 Å². The summed E-state index contributed by atoms with van der Waals surface area (Å²) in [5.74, 6) is 4.02. The molecule has 1 nitrogen and oxygen atoms in total. The fourth-order valence-electron chi connectivity index (χ4n) is 9.17. The van der Waals surface area contributed by atoms with Crippen LogP contribution in [0.4, 0.5) is 0 Å². The molecule has 0 spiro atoms.